The van der Waals surface area contributed by atoms with Crippen LogP contribution in [-0.2, 0) is 14.6 Å². The van der Waals surface area contributed by atoms with Crippen molar-refractivity contribution in [2.75, 3.05) is 19.5 Å². The molecule has 0 bridgehead atoms. The number of rotatable bonds is 5. The Balaban J connectivity index is 2.86. The maximum absolute atomic E-state index is 11.8. The van der Waals surface area contributed by atoms with Gasteiger partial charge in [0.2, 0.25) is 0 Å². The van der Waals surface area contributed by atoms with Crippen molar-refractivity contribution in [3.63, 3.8) is 0 Å². The second-order valence-corrected chi connectivity index (χ2v) is 5.82. The molecule has 0 spiro atoms. The van der Waals surface area contributed by atoms with E-state index in [4.69, 9.17) is 11.6 Å². The van der Waals surface area contributed by atoms with Crippen molar-refractivity contribution in [1.29, 1.82) is 0 Å². The molecule has 4 nitrogen and oxygen atoms in total. The summed E-state index contributed by atoms with van der Waals surface area (Å²) in [7, 11) is -2.12. The minimum absolute atomic E-state index is 0.0141. The van der Waals surface area contributed by atoms with E-state index in [1.807, 2.05) is 0 Å². The van der Waals surface area contributed by atoms with Gasteiger partial charge in [-0.3, -0.25) is 0 Å². The zero-order valence-electron chi connectivity index (χ0n) is 8.76. The van der Waals surface area contributed by atoms with Gasteiger partial charge in [-0.2, -0.15) is 0 Å². The number of aliphatic hydroxyl groups is 1. The molecular weight excluding hydrogens is 252 g/mol. The van der Waals surface area contributed by atoms with Crippen LogP contribution in [0.3, 0.4) is 0 Å². The first kappa shape index (κ1) is 13.4. The van der Waals surface area contributed by atoms with E-state index in [0.717, 1.165) is 0 Å². The van der Waals surface area contributed by atoms with E-state index in [2.05, 4.69) is 4.74 Å². The van der Waals surface area contributed by atoms with Gasteiger partial charge in [0, 0.05) is 12.1 Å². The predicted octanol–water partition coefficient (Wildman–Crippen LogP) is 1.12. The molecule has 1 aromatic carbocycles. The first-order valence-corrected chi connectivity index (χ1v) is 6.64. The third-order valence-electron chi connectivity index (χ3n) is 1.93. The first-order chi connectivity index (χ1) is 7.45. The van der Waals surface area contributed by atoms with Crippen LogP contribution < -0.4 is 0 Å². The lowest BCUT2D eigenvalue weighted by Crippen LogP contribution is -2.25. The number of hydrogen-bond donors (Lipinski definition) is 1. The largest absolute Gasteiger partial charge is 0.390 e. The minimum Gasteiger partial charge on any atom is -0.390 e. The van der Waals surface area contributed by atoms with Crippen LogP contribution in [-0.4, -0.2) is 39.1 Å². The molecule has 90 valence electrons. The van der Waals surface area contributed by atoms with Gasteiger partial charge in [-0.25, -0.2) is 8.42 Å². The molecular formula is C10H13ClO4S. The average molecular weight is 265 g/mol. The summed E-state index contributed by atoms with van der Waals surface area (Å²) in [5.41, 5.74) is 0. The number of methoxy groups -OCH3 is 1. The van der Waals surface area contributed by atoms with Gasteiger partial charge in [0.25, 0.3) is 0 Å². The summed E-state index contributed by atoms with van der Waals surface area (Å²) >= 11 is 5.70. The summed E-state index contributed by atoms with van der Waals surface area (Å²) in [5, 5.41) is 9.73. The highest BCUT2D eigenvalue weighted by molar-refractivity contribution is 7.91. The maximum atomic E-state index is 11.8. The van der Waals surface area contributed by atoms with Crippen molar-refractivity contribution >= 4 is 21.4 Å². The van der Waals surface area contributed by atoms with Crippen molar-refractivity contribution in [2.24, 2.45) is 0 Å². The van der Waals surface area contributed by atoms with E-state index in [9.17, 15) is 13.5 Å². The lowest BCUT2D eigenvalue weighted by molar-refractivity contribution is 0.0783. The molecule has 0 radical (unpaired) electrons. The average Bonchev–Trinajstić information content (AvgIpc) is 2.17. The molecule has 0 saturated heterocycles. The predicted molar refractivity (Wildman–Crippen MR) is 61.4 cm³/mol. The quantitative estimate of drug-likeness (QED) is 0.866. The van der Waals surface area contributed by atoms with Crippen LogP contribution in [0, 0.1) is 0 Å². The van der Waals surface area contributed by atoms with Gasteiger partial charge in [0.1, 0.15) is 0 Å². The number of benzene rings is 1. The Hall–Kier alpha value is -0.620. The van der Waals surface area contributed by atoms with Gasteiger partial charge < -0.3 is 9.84 Å². The Bertz CT molecular complexity index is 444. The molecule has 1 unspecified atom stereocenters. The molecule has 0 aliphatic heterocycles. The molecule has 1 atom stereocenters. The fourth-order valence-electron chi connectivity index (χ4n) is 1.25. The highest BCUT2D eigenvalue weighted by Gasteiger charge is 2.19. The van der Waals surface area contributed by atoms with Crippen molar-refractivity contribution in [2.45, 2.75) is 11.0 Å². The van der Waals surface area contributed by atoms with Crippen molar-refractivity contribution in [3.05, 3.63) is 29.3 Å². The molecule has 1 aromatic rings. The number of halogens is 1. The fourth-order valence-corrected chi connectivity index (χ4v) is 2.89. The Labute approximate surface area is 99.7 Å². The van der Waals surface area contributed by atoms with Gasteiger partial charge in [-0.1, -0.05) is 17.7 Å². The van der Waals surface area contributed by atoms with E-state index in [0.29, 0.717) is 5.02 Å². The molecule has 0 heterocycles. The summed E-state index contributed by atoms with van der Waals surface area (Å²) in [6.45, 7) is -0.0141. The normalized spacial score (nSPS) is 13.7. The molecule has 1 N–H and O–H groups in total. The zero-order chi connectivity index (χ0) is 12.2. The van der Waals surface area contributed by atoms with Gasteiger partial charge >= 0.3 is 0 Å². The fraction of sp³-hybridized carbons (Fsp3) is 0.400. The summed E-state index contributed by atoms with van der Waals surface area (Å²) in [5.74, 6) is -0.374. The second-order valence-electron chi connectivity index (χ2n) is 3.35. The van der Waals surface area contributed by atoms with Crippen LogP contribution in [0.1, 0.15) is 0 Å². The number of ether oxygens (including phenoxy) is 1. The summed E-state index contributed by atoms with van der Waals surface area (Å²) in [4.78, 5) is 0.107. The maximum Gasteiger partial charge on any atom is 0.181 e. The molecule has 0 amide bonds. The Morgan fingerprint density at radius 1 is 1.50 bits per heavy atom. The number of hydrogen-bond acceptors (Lipinski definition) is 4. The molecule has 0 aliphatic rings. The van der Waals surface area contributed by atoms with Crippen molar-refractivity contribution in [1.82, 2.24) is 0 Å². The molecule has 0 aromatic heterocycles. The van der Waals surface area contributed by atoms with Crippen LogP contribution >= 0.6 is 11.6 Å². The van der Waals surface area contributed by atoms with Gasteiger partial charge in [-0.05, 0) is 18.2 Å². The molecule has 1 rings (SSSR count). The monoisotopic (exact) mass is 264 g/mol. The first-order valence-electron chi connectivity index (χ1n) is 4.61. The number of sulfone groups is 1. The molecule has 6 heteroatoms. The smallest absolute Gasteiger partial charge is 0.181 e. The summed E-state index contributed by atoms with van der Waals surface area (Å²) < 4.78 is 28.3. The molecule has 0 fully saturated rings. The molecule has 16 heavy (non-hydrogen) atoms. The van der Waals surface area contributed by atoms with E-state index in [1.165, 1.54) is 19.2 Å². The van der Waals surface area contributed by atoms with Crippen LogP contribution in [0.25, 0.3) is 0 Å². The summed E-state index contributed by atoms with van der Waals surface area (Å²) in [6.07, 6.45) is -1.03. The minimum atomic E-state index is -3.52. The summed E-state index contributed by atoms with van der Waals surface area (Å²) in [6, 6.07) is 5.95. The lowest BCUT2D eigenvalue weighted by Gasteiger charge is -2.10. The van der Waals surface area contributed by atoms with Crippen molar-refractivity contribution < 1.29 is 18.3 Å². The Morgan fingerprint density at radius 3 is 2.75 bits per heavy atom. The Kier molecular flexibility index (Phi) is 4.73. The van der Waals surface area contributed by atoms with E-state index < -0.39 is 15.9 Å². The van der Waals surface area contributed by atoms with E-state index in [-0.39, 0.29) is 17.3 Å². The Morgan fingerprint density at radius 2 is 2.19 bits per heavy atom. The standard InChI is InChI=1S/C10H13ClO4S/c1-15-6-9(12)7-16(13,14)10-4-2-3-8(11)5-10/h2-5,9,12H,6-7H2,1H3. The van der Waals surface area contributed by atoms with Gasteiger partial charge in [0.15, 0.2) is 9.84 Å². The van der Waals surface area contributed by atoms with Crippen molar-refractivity contribution in [3.8, 4) is 0 Å². The molecule has 0 aliphatic carbocycles. The SMILES string of the molecule is COCC(O)CS(=O)(=O)c1cccc(Cl)c1. The third-order valence-corrected chi connectivity index (χ3v) is 3.96. The van der Waals surface area contributed by atoms with E-state index >= 15 is 0 Å². The van der Waals surface area contributed by atoms with Crippen LogP contribution in [0.4, 0.5) is 0 Å². The van der Waals surface area contributed by atoms with Gasteiger partial charge in [-0.15, -0.1) is 0 Å². The van der Waals surface area contributed by atoms with Gasteiger partial charge in [0.05, 0.1) is 23.4 Å². The topological polar surface area (TPSA) is 63.6 Å². The highest BCUT2D eigenvalue weighted by Crippen LogP contribution is 2.17. The second kappa shape index (κ2) is 5.63. The highest BCUT2D eigenvalue weighted by atomic mass is 35.5. The van der Waals surface area contributed by atoms with Crippen LogP contribution in [0.5, 0.6) is 0 Å². The zero-order valence-corrected chi connectivity index (χ0v) is 10.3. The molecule has 0 saturated carbocycles. The van der Waals surface area contributed by atoms with E-state index in [1.54, 1.807) is 12.1 Å². The van der Waals surface area contributed by atoms with Crippen LogP contribution in [0.2, 0.25) is 5.02 Å². The lowest BCUT2D eigenvalue weighted by atomic mass is 10.4. The van der Waals surface area contributed by atoms with Crippen LogP contribution in [0.15, 0.2) is 29.2 Å². The number of aliphatic hydroxyl groups excluding tert-OH is 1. The third kappa shape index (κ3) is 3.75.